The Kier molecular flexibility index (Phi) is 19.9. The van der Waals surface area contributed by atoms with Crippen LogP contribution in [0.5, 0.6) is 5.75 Å². The third-order valence-corrected chi connectivity index (χ3v) is 16.5. The molecule has 4 N–H and O–H groups in total. The topological polar surface area (TPSA) is 244 Å². The van der Waals surface area contributed by atoms with E-state index in [9.17, 15) is 38.4 Å². The first-order valence-electron chi connectivity index (χ1n) is 25.0. The number of aliphatic hydroxyl groups is 4. The van der Waals surface area contributed by atoms with Crippen LogP contribution in [0.3, 0.4) is 0 Å². The van der Waals surface area contributed by atoms with Crippen LogP contribution >= 0.6 is 0 Å². The largest absolute Gasteiger partial charge is 0.492 e. The van der Waals surface area contributed by atoms with Crippen molar-refractivity contribution in [3.8, 4) is 5.75 Å². The number of carbonyl (C=O) groups is 2. The molecule has 20 heteroatoms. The summed E-state index contributed by atoms with van der Waals surface area (Å²) < 4.78 is 76.2. The molecule has 0 bridgehead atoms. The van der Waals surface area contributed by atoms with Gasteiger partial charge in [0, 0.05) is 63.4 Å². The number of sulfone groups is 1. The summed E-state index contributed by atoms with van der Waals surface area (Å²) in [4.78, 5) is 30.9. The molecule has 71 heavy (non-hydrogen) atoms. The lowest BCUT2D eigenvalue weighted by molar-refractivity contribution is -0.319. The summed E-state index contributed by atoms with van der Waals surface area (Å²) in [5.74, 6) is -4.33. The number of aliphatic hydroxyl groups excluding tert-OH is 3. The molecule has 0 spiro atoms. The predicted octanol–water partition coefficient (Wildman–Crippen LogP) is 3.73. The quantitative estimate of drug-likeness (QED) is 0.175. The zero-order chi connectivity index (χ0) is 53.0. The van der Waals surface area contributed by atoms with Crippen LogP contribution < -0.4 is 4.74 Å². The van der Waals surface area contributed by atoms with Gasteiger partial charge in [-0.15, -0.1) is 0 Å². The van der Waals surface area contributed by atoms with E-state index in [4.69, 9.17) is 37.9 Å². The van der Waals surface area contributed by atoms with Crippen molar-refractivity contribution in [1.29, 1.82) is 0 Å². The molecule has 5 rings (SSSR count). The highest BCUT2D eigenvalue weighted by Crippen LogP contribution is 2.42. The summed E-state index contributed by atoms with van der Waals surface area (Å²) >= 11 is 0. The van der Waals surface area contributed by atoms with E-state index in [1.807, 2.05) is 27.1 Å². The number of ketones is 1. The first-order valence-corrected chi connectivity index (χ1v) is 26.9. The molecule has 1 aromatic carbocycles. The predicted molar refractivity (Wildman–Crippen MR) is 261 cm³/mol. The third-order valence-electron chi connectivity index (χ3n) is 15.4. The van der Waals surface area contributed by atoms with Gasteiger partial charge in [-0.25, -0.2) is 8.42 Å². The maximum Gasteiger partial charge on any atom is 0.311 e. The summed E-state index contributed by atoms with van der Waals surface area (Å²) in [5, 5.41) is 51.2. The number of carbonyl (C=O) groups excluding carboxylic acids is 2. The van der Waals surface area contributed by atoms with Crippen molar-refractivity contribution in [2.24, 2.45) is 23.7 Å². The van der Waals surface area contributed by atoms with Gasteiger partial charge in [0.05, 0.1) is 65.3 Å². The average Bonchev–Trinajstić information content (AvgIpc) is 3.78. The van der Waals surface area contributed by atoms with Gasteiger partial charge < -0.3 is 63.2 Å². The van der Waals surface area contributed by atoms with E-state index >= 15 is 0 Å². The Hall–Kier alpha value is -3.12. The smallest absolute Gasteiger partial charge is 0.311 e. The molecule has 18 atom stereocenters. The van der Waals surface area contributed by atoms with Crippen molar-refractivity contribution < 1.29 is 76.3 Å². The monoisotopic (exact) mass is 1030 g/mol. The van der Waals surface area contributed by atoms with E-state index < -0.39 is 118 Å². The highest BCUT2D eigenvalue weighted by atomic mass is 32.2. The number of hydrogen-bond acceptors (Lipinski definition) is 18. The van der Waals surface area contributed by atoms with E-state index in [2.05, 4.69) is 10.00 Å². The maximum atomic E-state index is 14.4. The Morgan fingerprint density at radius 3 is 2.24 bits per heavy atom. The molecule has 3 aliphatic rings. The first-order chi connectivity index (χ1) is 33.1. The number of Topliss-reactive ketones (excluding diaryl/α,β-unsaturated/α-hetero) is 1. The van der Waals surface area contributed by atoms with Crippen LogP contribution in [0.4, 0.5) is 0 Å². The number of esters is 1. The van der Waals surface area contributed by atoms with Crippen LogP contribution in [0, 0.1) is 23.7 Å². The fraction of sp³-hybridized carbons (Fsp3) is 0.784. The van der Waals surface area contributed by atoms with E-state index in [0.29, 0.717) is 31.7 Å². The van der Waals surface area contributed by atoms with Crippen LogP contribution in [0.1, 0.15) is 100 Å². The normalized spacial score (nSPS) is 39.2. The molecule has 19 nitrogen and oxygen atoms in total. The number of aromatic nitrogens is 2. The van der Waals surface area contributed by atoms with Gasteiger partial charge in [-0.2, -0.15) is 5.10 Å². The minimum Gasteiger partial charge on any atom is -0.492 e. The van der Waals surface area contributed by atoms with E-state index in [1.54, 1.807) is 71.5 Å². The molecule has 0 aliphatic carbocycles. The molecule has 1 aromatic heterocycles. The second-order valence-corrected chi connectivity index (χ2v) is 23.1. The zero-order valence-corrected chi connectivity index (χ0v) is 45.0. The van der Waals surface area contributed by atoms with Gasteiger partial charge in [0.25, 0.3) is 0 Å². The summed E-state index contributed by atoms with van der Waals surface area (Å²) in [6.07, 6.45) is -4.25. The molecule has 4 heterocycles. The molecule has 0 saturated carbocycles. The number of rotatable bonds is 16. The molecular weight excluding hydrogens is 943 g/mol. The van der Waals surface area contributed by atoms with E-state index in [0.717, 1.165) is 11.8 Å². The van der Waals surface area contributed by atoms with Gasteiger partial charge >= 0.3 is 5.97 Å². The average molecular weight is 1030 g/mol. The number of cyclic esters (lactones) is 1. The molecule has 3 saturated heterocycles. The molecular formula is C51H83N3O16S. The maximum absolute atomic E-state index is 14.4. The van der Waals surface area contributed by atoms with Crippen molar-refractivity contribution in [1.82, 2.24) is 14.7 Å². The number of nitrogens with zero attached hydrogens (tertiary/aromatic N) is 3. The second kappa shape index (κ2) is 24.0. The lowest BCUT2D eigenvalue weighted by Gasteiger charge is -2.50. The van der Waals surface area contributed by atoms with Crippen molar-refractivity contribution in [2.75, 3.05) is 40.7 Å². The van der Waals surface area contributed by atoms with Gasteiger partial charge in [-0.1, -0.05) is 33.8 Å². The van der Waals surface area contributed by atoms with Crippen molar-refractivity contribution in [2.45, 2.75) is 197 Å². The van der Waals surface area contributed by atoms with Crippen LogP contribution in [-0.4, -0.2) is 180 Å². The summed E-state index contributed by atoms with van der Waals surface area (Å²) in [6.45, 7) is 18.2. The molecule has 2 aromatic rings. The summed E-state index contributed by atoms with van der Waals surface area (Å²) in [5.41, 5.74) is -3.46. The minimum absolute atomic E-state index is 0.0576. The third kappa shape index (κ3) is 13.8. The highest BCUT2D eigenvalue weighted by molar-refractivity contribution is 7.90. The lowest BCUT2D eigenvalue weighted by atomic mass is 9.74. The fourth-order valence-electron chi connectivity index (χ4n) is 10.7. The van der Waals surface area contributed by atoms with Gasteiger partial charge in [-0.05, 0) is 98.0 Å². The number of ether oxygens (including phenoxy) is 8. The van der Waals surface area contributed by atoms with Crippen molar-refractivity contribution in [3.05, 3.63) is 42.2 Å². The van der Waals surface area contributed by atoms with Gasteiger partial charge in [0.1, 0.15) is 42.1 Å². The zero-order valence-electron chi connectivity index (χ0n) is 44.2. The Morgan fingerprint density at radius 1 is 0.930 bits per heavy atom. The standard InChI is InChI=1S/C51H83N3O16S/c1-15-39-51(10,60)44(57)31(4)41(55)29(2)25-50(9,64-13)46(32(5)43(33(6)47(59)68-39)69-40-26-49(8,63-12)45(58)34(7)67-40)70-48-42(56)38(23-30(3)66-48)53(11)20-19-35-27-52-54(28-35)21-22-65-36-17-16-18-37(24-36)71(14,61)62/h16-18,24,27-34,38-40,42-46,48,56-58,60H,15,19-23,25-26H2,1-14H3/t29-,30-,31+,32+,33-,34+,38+,39-,40+,42-,43+,44-,45+,46-,48+,49-,50-,51-/m1/s1. The SMILES string of the molecule is CC[C@H]1OC(=O)[C@H](C)[C@@H](O[C@H]2C[C@@](C)(OC)[C@@H](O)[C@H](C)O2)[C@H](C)[C@@H](O[C@@H]2O[C@H](C)C[C@H](N(C)CCc3cnn(CCOc4cccc(S(C)(=O)=O)c4)c3)[C@H]2O)[C@](C)(OC)C[C@@H](C)C(=O)[C@H](C)[C@@H](O)[C@]1(C)O. The number of benzene rings is 1. The minimum atomic E-state index is -3.37. The highest BCUT2D eigenvalue weighted by Gasteiger charge is 2.54. The van der Waals surface area contributed by atoms with Gasteiger partial charge in [0.2, 0.25) is 0 Å². The van der Waals surface area contributed by atoms with Crippen LogP contribution in [0.25, 0.3) is 0 Å². The number of hydrogen-bond donors (Lipinski definition) is 4. The van der Waals surface area contributed by atoms with Gasteiger partial charge in [-0.3, -0.25) is 14.3 Å². The molecule has 3 aliphatic heterocycles. The van der Waals surface area contributed by atoms with Crippen LogP contribution in [-0.2, 0) is 65.5 Å². The molecule has 0 amide bonds. The van der Waals surface area contributed by atoms with E-state index in [1.165, 1.54) is 33.3 Å². The Morgan fingerprint density at radius 2 is 1.61 bits per heavy atom. The van der Waals surface area contributed by atoms with E-state index in [-0.39, 0.29) is 42.7 Å². The Balaban J connectivity index is 1.42. The van der Waals surface area contributed by atoms with Crippen LogP contribution in [0.15, 0.2) is 41.6 Å². The molecule has 0 radical (unpaired) electrons. The van der Waals surface area contributed by atoms with Gasteiger partial charge in [0.15, 0.2) is 22.4 Å². The summed E-state index contributed by atoms with van der Waals surface area (Å²) in [7, 11) is 1.54. The summed E-state index contributed by atoms with van der Waals surface area (Å²) in [6, 6.07) is 5.92. The Bertz CT molecular complexity index is 2180. The fourth-order valence-corrected chi connectivity index (χ4v) is 11.3. The molecule has 404 valence electrons. The molecule has 0 unspecified atom stereocenters. The number of likely N-dealkylation sites (N-methyl/N-ethyl adjacent to an activating group) is 1. The number of methoxy groups -OCH3 is 2. The molecule has 3 fully saturated rings. The lowest BCUT2D eigenvalue weighted by Crippen LogP contribution is -2.61. The van der Waals surface area contributed by atoms with Crippen molar-refractivity contribution >= 4 is 21.6 Å². The first kappa shape index (κ1) is 58.8. The van der Waals surface area contributed by atoms with Crippen molar-refractivity contribution in [3.63, 3.8) is 0 Å². The van der Waals surface area contributed by atoms with Crippen LogP contribution in [0.2, 0.25) is 0 Å². The Labute approximate surface area is 420 Å². The second-order valence-electron chi connectivity index (χ2n) is 21.1.